The summed E-state index contributed by atoms with van der Waals surface area (Å²) in [5, 5.41) is 48.6. The number of amides is 2. The maximum Gasteiger partial charge on any atom is 1.00 e. The molecule has 68 heavy (non-hydrogen) atoms. The number of hydrogen-bond donors (Lipinski definition) is 4. The van der Waals surface area contributed by atoms with Crippen molar-refractivity contribution in [3.05, 3.63) is 109 Å². The van der Waals surface area contributed by atoms with Crippen molar-refractivity contribution in [3.8, 4) is 22.3 Å². The summed E-state index contributed by atoms with van der Waals surface area (Å²) in [6.07, 6.45) is 2.72. The molecule has 0 fully saturated rings. The van der Waals surface area contributed by atoms with Gasteiger partial charge in [0.2, 0.25) is 11.8 Å². The van der Waals surface area contributed by atoms with Gasteiger partial charge in [0.1, 0.15) is 12.1 Å². The molecule has 4 rings (SSSR count). The van der Waals surface area contributed by atoms with E-state index in [4.69, 9.17) is 0 Å². The number of carbonyl (C=O) groups excluding carboxylic acids is 4. The molecule has 0 saturated carbocycles. The van der Waals surface area contributed by atoms with Crippen LogP contribution in [0.4, 0.5) is 11.4 Å². The summed E-state index contributed by atoms with van der Waals surface area (Å²) in [5.74, 6) is -5.66. The van der Waals surface area contributed by atoms with Crippen LogP contribution < -0.4 is 68.4 Å². The molecule has 4 N–H and O–H groups in total. The minimum Gasteiger partial charge on any atom is -0.548 e. The van der Waals surface area contributed by atoms with Crippen molar-refractivity contribution in [2.24, 2.45) is 11.8 Å². The molecule has 0 bridgehead atoms. The Labute approximate surface area is 425 Å². The Morgan fingerprint density at radius 2 is 0.750 bits per heavy atom. The Balaban J connectivity index is 0.000000661. The van der Waals surface area contributed by atoms with Crippen LogP contribution in [0.2, 0.25) is 0 Å². The van der Waals surface area contributed by atoms with Crippen molar-refractivity contribution in [2.75, 3.05) is 9.80 Å². The summed E-state index contributed by atoms with van der Waals surface area (Å²) in [4.78, 5) is 76.5. The zero-order valence-electron chi connectivity index (χ0n) is 41.3. The maximum atomic E-state index is 13.6. The van der Waals surface area contributed by atoms with Crippen LogP contribution in [0.15, 0.2) is 109 Å². The average molecular weight is 921 g/mol. The third kappa shape index (κ3) is 18.4. The van der Waals surface area contributed by atoms with Crippen LogP contribution in [0.1, 0.15) is 93.9 Å². The van der Waals surface area contributed by atoms with E-state index in [9.17, 15) is 49.2 Å². The first kappa shape index (κ1) is 60.8. The molecule has 0 radical (unpaired) electrons. The third-order valence-electron chi connectivity index (χ3n) is 11.0. The molecule has 356 valence electrons. The van der Waals surface area contributed by atoms with Gasteiger partial charge in [-0.05, 0) is 97.9 Å². The van der Waals surface area contributed by atoms with E-state index in [-0.39, 0.29) is 49.6 Å². The number of anilines is 2. The molecule has 0 spiro atoms. The average Bonchev–Trinajstić information content (AvgIpc) is 3.28. The summed E-state index contributed by atoms with van der Waals surface area (Å²) < 4.78 is 0. The van der Waals surface area contributed by atoms with E-state index in [0.717, 1.165) is 22.3 Å². The van der Waals surface area contributed by atoms with Crippen LogP contribution in [0, 0.1) is 11.8 Å². The van der Waals surface area contributed by atoms with E-state index in [2.05, 4.69) is 10.6 Å². The normalized spacial score (nSPS) is 13.4. The van der Waals surface area contributed by atoms with Crippen molar-refractivity contribution in [1.82, 2.24) is 10.6 Å². The summed E-state index contributed by atoms with van der Waals surface area (Å²) in [5.41, 5.74) is 4.68. The van der Waals surface area contributed by atoms with Crippen LogP contribution in [0.3, 0.4) is 0 Å². The molecule has 0 aliphatic carbocycles. The predicted molar refractivity (Wildman–Crippen MR) is 253 cm³/mol. The Bertz CT molecular complexity index is 2020. The Hall–Kier alpha value is -5.19. The standard InChI is InChI=1S/2C26H34N2O5.2Li/c2*1-5-9-22(26(32)33)27-23(16-17(2)3)24(29)28(18(4)25(30)31)21-14-12-20(13-15-21)19-10-7-6-8-11-19;;/h2*6-8,10-15,17-18,22-23,27H,5,9,16H2,1-4H3,(H,30,31)(H,32,33);;/q;;2*+1/p-2/t2*18-,22+,23-;;/m00../s1. The zero-order chi connectivity index (χ0) is 49.1. The second kappa shape index (κ2) is 30.3. The first-order valence-electron chi connectivity index (χ1n) is 22.7. The summed E-state index contributed by atoms with van der Waals surface area (Å²) in [7, 11) is 0. The van der Waals surface area contributed by atoms with E-state index in [1.807, 2.05) is 126 Å². The third-order valence-corrected chi connectivity index (χ3v) is 11.0. The molecule has 2 amide bonds. The molecular weight excluding hydrogens is 854 g/mol. The number of hydrogen-bond acceptors (Lipinski definition) is 10. The topological polar surface area (TPSA) is 220 Å². The number of aliphatic carboxylic acids is 4. The van der Waals surface area contributed by atoms with Crippen molar-refractivity contribution in [1.29, 1.82) is 0 Å². The van der Waals surface area contributed by atoms with Crippen LogP contribution in [0.25, 0.3) is 22.3 Å². The van der Waals surface area contributed by atoms with Gasteiger partial charge in [0.05, 0.1) is 36.1 Å². The first-order chi connectivity index (χ1) is 31.3. The van der Waals surface area contributed by atoms with Crippen molar-refractivity contribution in [3.63, 3.8) is 0 Å². The first-order valence-corrected chi connectivity index (χ1v) is 22.7. The zero-order valence-corrected chi connectivity index (χ0v) is 41.3. The Kier molecular flexibility index (Phi) is 27.1. The van der Waals surface area contributed by atoms with Gasteiger partial charge in [-0.15, -0.1) is 0 Å². The van der Waals surface area contributed by atoms with E-state index >= 15 is 0 Å². The molecule has 0 heterocycles. The molecule has 14 nitrogen and oxygen atoms in total. The molecule has 4 aromatic carbocycles. The van der Waals surface area contributed by atoms with E-state index in [0.29, 0.717) is 49.9 Å². The SMILES string of the molecule is CCC[C@@H](N[C@@H](CC(C)C)C(=O)N(c1ccc(-c2ccccc2)cc1)[C@@H](C)C(=O)[O-])C(=O)O.CCC[C@@H](N[C@@H](CC(C)C)C(=O)N(c1ccc(-c2ccccc2)cc1)[C@@H](C)C(=O)[O-])C(=O)O.[Li+].[Li+]. The predicted octanol–water partition coefficient (Wildman–Crippen LogP) is 0.173. The van der Waals surface area contributed by atoms with Crippen molar-refractivity contribution >= 4 is 47.1 Å². The van der Waals surface area contributed by atoms with Gasteiger partial charge in [0, 0.05) is 11.4 Å². The van der Waals surface area contributed by atoms with E-state index in [1.165, 1.54) is 23.6 Å². The fraction of sp³-hybridized carbons (Fsp3) is 0.423. The number of benzene rings is 4. The monoisotopic (exact) mass is 921 g/mol. The number of carboxylic acid groups (broad SMARTS) is 4. The molecule has 16 heteroatoms. The number of rotatable bonds is 24. The number of carbonyl (C=O) groups is 6. The molecule has 4 aromatic rings. The number of carboxylic acids is 4. The van der Waals surface area contributed by atoms with Crippen LogP contribution in [-0.2, 0) is 28.8 Å². The Morgan fingerprint density at radius 1 is 0.471 bits per heavy atom. The molecule has 0 aromatic heterocycles. The number of nitrogens with one attached hydrogen (secondary N) is 2. The number of nitrogens with zero attached hydrogens (tertiary/aromatic N) is 2. The van der Waals surface area contributed by atoms with Gasteiger partial charge >= 0.3 is 49.7 Å². The summed E-state index contributed by atoms with van der Waals surface area (Å²) in [6.45, 7) is 14.2. The van der Waals surface area contributed by atoms with Crippen LogP contribution in [-0.4, -0.2) is 82.2 Å². The van der Waals surface area contributed by atoms with Crippen molar-refractivity contribution < 1.29 is 86.9 Å². The molecule has 0 aliphatic rings. The fourth-order valence-corrected chi connectivity index (χ4v) is 7.56. The molecule has 0 saturated heterocycles. The van der Waals surface area contributed by atoms with Gasteiger partial charge in [0.25, 0.3) is 0 Å². The van der Waals surface area contributed by atoms with Gasteiger partial charge in [-0.1, -0.05) is 139 Å². The molecule has 0 aliphatic heterocycles. The minimum absolute atomic E-state index is 0. The van der Waals surface area contributed by atoms with Gasteiger partial charge in [0.15, 0.2) is 0 Å². The van der Waals surface area contributed by atoms with E-state index < -0.39 is 71.9 Å². The van der Waals surface area contributed by atoms with Gasteiger partial charge in [-0.25, -0.2) is 0 Å². The molecule has 6 atom stereocenters. The van der Waals surface area contributed by atoms with Gasteiger partial charge in [-0.2, -0.15) is 0 Å². The Morgan fingerprint density at radius 3 is 0.985 bits per heavy atom. The van der Waals surface area contributed by atoms with Crippen molar-refractivity contribution in [2.45, 2.75) is 130 Å². The van der Waals surface area contributed by atoms with E-state index in [1.54, 1.807) is 24.3 Å². The quantitative estimate of drug-likeness (QED) is 0.0692. The minimum atomic E-state index is -1.39. The van der Waals surface area contributed by atoms with Crippen LogP contribution in [0.5, 0.6) is 0 Å². The maximum absolute atomic E-state index is 13.6. The molecule has 0 unspecified atom stereocenters. The van der Waals surface area contributed by atoms with Crippen LogP contribution >= 0.6 is 0 Å². The largest absolute Gasteiger partial charge is 1.00 e. The second-order valence-corrected chi connectivity index (χ2v) is 17.3. The second-order valence-electron chi connectivity index (χ2n) is 17.3. The molecular formula is C52H66Li2N4O10. The summed E-state index contributed by atoms with van der Waals surface area (Å²) in [6, 6.07) is 27.5. The summed E-state index contributed by atoms with van der Waals surface area (Å²) >= 11 is 0. The van der Waals surface area contributed by atoms with Gasteiger partial charge in [-0.3, -0.25) is 29.8 Å². The van der Waals surface area contributed by atoms with Gasteiger partial charge < -0.3 is 39.8 Å². The fourth-order valence-electron chi connectivity index (χ4n) is 7.56. The smallest absolute Gasteiger partial charge is 0.548 e.